The first-order valence-electron chi connectivity index (χ1n) is 5.76. The minimum Gasteiger partial charge on any atom is -0.400 e. The van der Waals surface area contributed by atoms with Crippen LogP contribution in [-0.2, 0) is 13.6 Å². The minimum atomic E-state index is -1.35. The number of hydrogen-bond donors (Lipinski definition) is 0. The van der Waals surface area contributed by atoms with Gasteiger partial charge in [0.05, 0.1) is 6.61 Å². The Hall–Kier alpha value is -0.423. The van der Waals surface area contributed by atoms with Crippen LogP contribution < -0.4 is 0 Å². The maximum atomic E-state index is 5.44. The van der Waals surface area contributed by atoms with E-state index in [1.54, 1.807) is 14.2 Å². The van der Waals surface area contributed by atoms with Gasteiger partial charge in [-0.3, -0.25) is 0 Å². The average Bonchev–Trinajstić information content (AvgIpc) is 2.32. The molecule has 0 radical (unpaired) electrons. The number of ether oxygens (including phenoxy) is 1. The van der Waals surface area contributed by atoms with Crippen LogP contribution in [0.1, 0.15) is 19.8 Å². The molecule has 0 aromatic rings. The van der Waals surface area contributed by atoms with Crippen LogP contribution >= 0.6 is 0 Å². The van der Waals surface area contributed by atoms with Crippen molar-refractivity contribution in [1.29, 1.82) is 0 Å². The topological polar surface area (TPSA) is 27.7 Å². The molecule has 0 spiro atoms. The van der Waals surface area contributed by atoms with Crippen LogP contribution in [0.5, 0.6) is 0 Å². The van der Waals surface area contributed by atoms with Crippen LogP contribution in [0.2, 0.25) is 6.04 Å². The van der Waals surface area contributed by atoms with Crippen LogP contribution in [0, 0.1) is 0 Å². The van der Waals surface area contributed by atoms with Gasteiger partial charge in [0.25, 0.3) is 0 Å². The number of unbranched alkanes of at least 4 members (excludes halogenated alkanes) is 1. The van der Waals surface area contributed by atoms with Crippen LogP contribution in [0.25, 0.3) is 0 Å². The summed E-state index contributed by atoms with van der Waals surface area (Å²) >= 11 is 0. The number of allylic oxidation sites excluding steroid dienone is 3. The Bertz CT molecular complexity index is 189. The third-order valence-corrected chi connectivity index (χ3v) is 4.09. The molecule has 0 fully saturated rings. The zero-order chi connectivity index (χ0) is 12.1. The van der Waals surface area contributed by atoms with Crippen LogP contribution in [-0.4, -0.2) is 36.7 Å². The van der Waals surface area contributed by atoms with Gasteiger partial charge in [-0.1, -0.05) is 24.3 Å². The van der Waals surface area contributed by atoms with Gasteiger partial charge >= 0.3 is 9.28 Å². The molecule has 0 aliphatic carbocycles. The second-order valence-electron chi connectivity index (χ2n) is 3.43. The Kier molecular flexibility index (Phi) is 12.3. The van der Waals surface area contributed by atoms with Gasteiger partial charge in [0, 0.05) is 20.8 Å². The van der Waals surface area contributed by atoms with E-state index in [9.17, 15) is 0 Å². The summed E-state index contributed by atoms with van der Waals surface area (Å²) in [4.78, 5) is 0. The largest absolute Gasteiger partial charge is 0.400 e. The van der Waals surface area contributed by atoms with E-state index in [0.29, 0.717) is 6.61 Å². The molecule has 0 N–H and O–H groups in total. The van der Waals surface area contributed by atoms with E-state index in [1.807, 2.05) is 31.2 Å². The van der Waals surface area contributed by atoms with E-state index in [2.05, 4.69) is 0 Å². The third kappa shape index (κ3) is 10.1. The summed E-state index contributed by atoms with van der Waals surface area (Å²) < 4.78 is 15.9. The minimum absolute atomic E-state index is 0.694. The summed E-state index contributed by atoms with van der Waals surface area (Å²) in [6, 6.07) is 1.06. The molecule has 0 bridgehead atoms. The molecule has 0 unspecified atom stereocenters. The molecule has 3 nitrogen and oxygen atoms in total. The highest BCUT2D eigenvalue weighted by atomic mass is 28.3. The molecule has 0 aromatic carbocycles. The normalized spacial score (nSPS) is 12.2. The lowest BCUT2D eigenvalue weighted by Gasteiger charge is -2.09. The van der Waals surface area contributed by atoms with Crippen molar-refractivity contribution < 1.29 is 13.6 Å². The van der Waals surface area contributed by atoms with Crippen molar-refractivity contribution in [3.63, 3.8) is 0 Å². The summed E-state index contributed by atoms with van der Waals surface area (Å²) in [6.07, 6.45) is 10.2. The van der Waals surface area contributed by atoms with Crippen molar-refractivity contribution in [2.45, 2.75) is 25.8 Å². The number of hydrogen-bond acceptors (Lipinski definition) is 3. The van der Waals surface area contributed by atoms with Crippen molar-refractivity contribution in [3.8, 4) is 0 Å². The molecule has 0 rings (SSSR count). The summed E-state index contributed by atoms with van der Waals surface area (Å²) in [7, 11) is 2.11. The smallest absolute Gasteiger partial charge is 0.320 e. The summed E-state index contributed by atoms with van der Waals surface area (Å²) in [5, 5.41) is 0. The zero-order valence-corrected chi connectivity index (χ0v) is 11.8. The van der Waals surface area contributed by atoms with E-state index in [0.717, 1.165) is 25.5 Å². The van der Waals surface area contributed by atoms with Crippen molar-refractivity contribution in [2.24, 2.45) is 0 Å². The van der Waals surface area contributed by atoms with E-state index < -0.39 is 9.28 Å². The van der Waals surface area contributed by atoms with E-state index in [4.69, 9.17) is 13.6 Å². The standard InChI is InChI=1S/C12H24O3Si/c1-4-5-6-7-10-15-11-8-9-12-16(13-2)14-3/h4-7,16H,8-12H2,1-3H3. The molecular weight excluding hydrogens is 220 g/mol. The molecule has 94 valence electrons. The Morgan fingerprint density at radius 2 is 1.81 bits per heavy atom. The second-order valence-corrected chi connectivity index (χ2v) is 5.80. The first-order chi connectivity index (χ1) is 7.85. The first kappa shape index (κ1) is 15.6. The fourth-order valence-electron chi connectivity index (χ4n) is 1.24. The zero-order valence-electron chi connectivity index (χ0n) is 10.6. The van der Waals surface area contributed by atoms with E-state index in [-0.39, 0.29) is 0 Å². The van der Waals surface area contributed by atoms with Gasteiger partial charge in [0.1, 0.15) is 0 Å². The lowest BCUT2D eigenvalue weighted by atomic mass is 10.3. The summed E-state index contributed by atoms with van der Waals surface area (Å²) in [6.45, 7) is 3.51. The Morgan fingerprint density at radius 1 is 1.06 bits per heavy atom. The highest BCUT2D eigenvalue weighted by Crippen LogP contribution is 2.02. The van der Waals surface area contributed by atoms with Crippen molar-refractivity contribution in [1.82, 2.24) is 0 Å². The molecule has 0 heterocycles. The molecule has 0 aromatic heterocycles. The Labute approximate surface area is 101 Å². The summed E-state index contributed by atoms with van der Waals surface area (Å²) in [5.74, 6) is 0. The quantitative estimate of drug-likeness (QED) is 0.335. The van der Waals surface area contributed by atoms with Gasteiger partial charge in [-0.25, -0.2) is 0 Å². The molecule has 0 aliphatic heterocycles. The lowest BCUT2D eigenvalue weighted by Crippen LogP contribution is -2.18. The lowest BCUT2D eigenvalue weighted by molar-refractivity contribution is 0.158. The van der Waals surface area contributed by atoms with Crippen molar-refractivity contribution >= 4 is 9.28 Å². The monoisotopic (exact) mass is 244 g/mol. The van der Waals surface area contributed by atoms with Crippen molar-refractivity contribution in [2.75, 3.05) is 27.4 Å². The molecule has 0 saturated heterocycles. The van der Waals surface area contributed by atoms with Gasteiger partial charge in [0.2, 0.25) is 0 Å². The predicted octanol–water partition coefficient (Wildman–Crippen LogP) is 2.43. The van der Waals surface area contributed by atoms with Crippen LogP contribution in [0.3, 0.4) is 0 Å². The summed E-state index contributed by atoms with van der Waals surface area (Å²) in [5.41, 5.74) is 0. The third-order valence-electron chi connectivity index (χ3n) is 2.16. The molecule has 0 amide bonds. The fourth-order valence-corrected chi connectivity index (χ4v) is 2.53. The second kappa shape index (κ2) is 12.6. The molecule has 0 saturated carbocycles. The van der Waals surface area contributed by atoms with Gasteiger partial charge in [-0.2, -0.15) is 0 Å². The molecule has 0 aliphatic rings. The predicted molar refractivity (Wildman–Crippen MR) is 70.0 cm³/mol. The molecule has 0 atom stereocenters. The number of rotatable bonds is 10. The SMILES string of the molecule is CC=CC=CCOCCCC[SiH](OC)OC. The van der Waals surface area contributed by atoms with Gasteiger partial charge in [-0.05, 0) is 25.8 Å². The Morgan fingerprint density at radius 3 is 2.44 bits per heavy atom. The molecular formula is C12H24O3Si. The fraction of sp³-hybridized carbons (Fsp3) is 0.667. The Balaban J connectivity index is 3.21. The first-order valence-corrected chi connectivity index (χ1v) is 7.52. The van der Waals surface area contributed by atoms with Crippen molar-refractivity contribution in [3.05, 3.63) is 24.3 Å². The van der Waals surface area contributed by atoms with Crippen LogP contribution in [0.4, 0.5) is 0 Å². The highest BCUT2D eigenvalue weighted by Gasteiger charge is 2.07. The van der Waals surface area contributed by atoms with E-state index in [1.165, 1.54) is 0 Å². The van der Waals surface area contributed by atoms with Crippen LogP contribution in [0.15, 0.2) is 24.3 Å². The average molecular weight is 244 g/mol. The molecule has 4 heteroatoms. The molecule has 16 heavy (non-hydrogen) atoms. The van der Waals surface area contributed by atoms with E-state index >= 15 is 0 Å². The van der Waals surface area contributed by atoms with Gasteiger partial charge < -0.3 is 13.6 Å². The maximum absolute atomic E-state index is 5.44. The maximum Gasteiger partial charge on any atom is 0.320 e. The van der Waals surface area contributed by atoms with Gasteiger partial charge in [0.15, 0.2) is 0 Å². The highest BCUT2D eigenvalue weighted by molar-refractivity contribution is 6.44. The van der Waals surface area contributed by atoms with Gasteiger partial charge in [-0.15, -0.1) is 0 Å².